The second-order valence-corrected chi connectivity index (χ2v) is 8.92. The Labute approximate surface area is 219 Å². The molecule has 10 heteroatoms. The van der Waals surface area contributed by atoms with E-state index in [1.807, 2.05) is 0 Å². The normalized spacial score (nSPS) is 16.4. The first-order chi connectivity index (χ1) is 18.2. The molecule has 2 unspecified atom stereocenters. The number of carbonyl (C=O) groups excluding carboxylic acids is 2. The number of benzene rings is 2. The minimum atomic E-state index is -1.23. The standard InChI is InChI=1S/C28H31F3N2O5/c1-4-17-7-9-21(24(29)13-17)20-10-8-18(20)14-22-23(28(36)32-37-12-11-34)15-19(26(30)27(22)31)16-33(38-6-3)25(35)5-2/h1,7,9,13,15,18,20,34H,5-6,8,10-12,14,16H2,2-3H3,(H,32,36). The van der Waals surface area contributed by atoms with Gasteiger partial charge in [0.2, 0.25) is 5.91 Å². The Hall–Kier alpha value is -3.39. The fraction of sp³-hybridized carbons (Fsp3) is 0.429. The molecule has 0 heterocycles. The van der Waals surface area contributed by atoms with E-state index in [-0.39, 0.29) is 61.2 Å². The van der Waals surface area contributed by atoms with Crippen molar-refractivity contribution in [1.82, 2.24) is 10.5 Å². The topological polar surface area (TPSA) is 88.1 Å². The van der Waals surface area contributed by atoms with E-state index in [0.29, 0.717) is 24.0 Å². The monoisotopic (exact) mass is 532 g/mol. The van der Waals surface area contributed by atoms with Crippen LogP contribution in [0, 0.1) is 35.7 Å². The van der Waals surface area contributed by atoms with Crippen molar-refractivity contribution in [2.75, 3.05) is 19.8 Å². The molecule has 0 radical (unpaired) electrons. The van der Waals surface area contributed by atoms with E-state index in [9.17, 15) is 14.0 Å². The lowest BCUT2D eigenvalue weighted by Crippen LogP contribution is -2.32. The summed E-state index contributed by atoms with van der Waals surface area (Å²) in [5.74, 6) is -2.34. The fourth-order valence-corrected chi connectivity index (χ4v) is 4.55. The number of hydrogen-bond acceptors (Lipinski definition) is 5. The van der Waals surface area contributed by atoms with E-state index in [2.05, 4.69) is 11.4 Å². The molecule has 204 valence electrons. The number of rotatable bonds is 12. The van der Waals surface area contributed by atoms with E-state index < -0.39 is 35.8 Å². The van der Waals surface area contributed by atoms with Crippen molar-refractivity contribution in [3.63, 3.8) is 0 Å². The summed E-state index contributed by atoms with van der Waals surface area (Å²) >= 11 is 0. The number of hydrogen-bond donors (Lipinski definition) is 2. The number of amides is 2. The summed E-state index contributed by atoms with van der Waals surface area (Å²) in [6.07, 6.45) is 6.64. The lowest BCUT2D eigenvalue weighted by atomic mass is 9.67. The van der Waals surface area contributed by atoms with E-state index in [4.69, 9.17) is 21.2 Å². The third-order valence-corrected chi connectivity index (χ3v) is 6.62. The molecule has 1 saturated carbocycles. The average molecular weight is 533 g/mol. The summed E-state index contributed by atoms with van der Waals surface area (Å²) in [7, 11) is 0. The van der Waals surface area contributed by atoms with Gasteiger partial charge in [0.25, 0.3) is 5.91 Å². The van der Waals surface area contributed by atoms with Crippen LogP contribution in [0.1, 0.15) is 71.6 Å². The van der Waals surface area contributed by atoms with Crippen LogP contribution in [0.2, 0.25) is 0 Å². The summed E-state index contributed by atoms with van der Waals surface area (Å²) in [6.45, 7) is 2.37. The molecule has 2 N–H and O–H groups in total. The molecule has 2 atom stereocenters. The van der Waals surface area contributed by atoms with Crippen LogP contribution >= 0.6 is 0 Å². The largest absolute Gasteiger partial charge is 0.394 e. The number of hydroxylamine groups is 3. The Kier molecular flexibility index (Phi) is 10.3. The smallest absolute Gasteiger partial charge is 0.275 e. The van der Waals surface area contributed by atoms with Crippen molar-refractivity contribution in [2.45, 2.75) is 52.0 Å². The Morgan fingerprint density at radius 2 is 1.95 bits per heavy atom. The minimum Gasteiger partial charge on any atom is -0.394 e. The number of nitrogens with zero attached hydrogens (tertiary/aromatic N) is 1. The first-order valence-electron chi connectivity index (χ1n) is 12.5. The number of terminal acetylenes is 1. The molecule has 2 amide bonds. The summed E-state index contributed by atoms with van der Waals surface area (Å²) in [4.78, 5) is 35.3. The quantitative estimate of drug-likeness (QED) is 0.244. The van der Waals surface area contributed by atoms with Gasteiger partial charge in [-0.25, -0.2) is 23.7 Å². The maximum absolute atomic E-state index is 15.5. The molecule has 1 aliphatic rings. The van der Waals surface area contributed by atoms with Crippen LogP contribution in [-0.4, -0.2) is 41.8 Å². The highest BCUT2D eigenvalue weighted by atomic mass is 19.2. The molecule has 2 aromatic carbocycles. The van der Waals surface area contributed by atoms with Crippen LogP contribution in [0.3, 0.4) is 0 Å². The molecule has 2 aromatic rings. The summed E-state index contributed by atoms with van der Waals surface area (Å²) in [6, 6.07) is 5.65. The molecule has 1 aliphatic carbocycles. The molecular formula is C28H31F3N2O5. The molecule has 38 heavy (non-hydrogen) atoms. The lowest BCUT2D eigenvalue weighted by molar-refractivity contribution is -0.188. The third kappa shape index (κ3) is 6.54. The Morgan fingerprint density at radius 1 is 1.18 bits per heavy atom. The molecule has 0 bridgehead atoms. The van der Waals surface area contributed by atoms with Gasteiger partial charge in [-0.2, -0.15) is 0 Å². The van der Waals surface area contributed by atoms with Gasteiger partial charge in [-0.05, 0) is 61.8 Å². The fourth-order valence-electron chi connectivity index (χ4n) is 4.55. The highest BCUT2D eigenvalue weighted by Crippen LogP contribution is 2.46. The number of aliphatic hydroxyl groups is 1. The van der Waals surface area contributed by atoms with Crippen molar-refractivity contribution in [3.8, 4) is 12.3 Å². The number of aliphatic hydroxyl groups excluding tert-OH is 1. The van der Waals surface area contributed by atoms with Crippen molar-refractivity contribution in [3.05, 3.63) is 69.5 Å². The molecule has 0 spiro atoms. The lowest BCUT2D eigenvalue weighted by Gasteiger charge is -2.38. The molecule has 0 saturated heterocycles. The maximum atomic E-state index is 15.5. The molecular weight excluding hydrogens is 501 g/mol. The zero-order valence-electron chi connectivity index (χ0n) is 21.4. The van der Waals surface area contributed by atoms with Crippen LogP contribution in [-0.2, 0) is 27.4 Å². The average Bonchev–Trinajstić information content (AvgIpc) is 2.90. The van der Waals surface area contributed by atoms with Crippen LogP contribution in [0.4, 0.5) is 13.2 Å². The number of halogens is 3. The van der Waals surface area contributed by atoms with Crippen molar-refractivity contribution >= 4 is 11.8 Å². The van der Waals surface area contributed by atoms with E-state index in [1.54, 1.807) is 26.0 Å². The van der Waals surface area contributed by atoms with E-state index in [1.165, 1.54) is 6.07 Å². The zero-order chi connectivity index (χ0) is 27.8. The van der Waals surface area contributed by atoms with Gasteiger partial charge in [-0.15, -0.1) is 6.42 Å². The van der Waals surface area contributed by atoms with Crippen LogP contribution < -0.4 is 5.48 Å². The molecule has 1 fully saturated rings. The molecule has 7 nitrogen and oxygen atoms in total. The van der Waals surface area contributed by atoms with Gasteiger partial charge in [-0.1, -0.05) is 18.9 Å². The van der Waals surface area contributed by atoms with E-state index >= 15 is 8.78 Å². The van der Waals surface area contributed by atoms with Crippen LogP contribution in [0.5, 0.6) is 0 Å². The summed E-state index contributed by atoms with van der Waals surface area (Å²) < 4.78 is 45.5. The van der Waals surface area contributed by atoms with Crippen molar-refractivity contribution in [2.24, 2.45) is 5.92 Å². The van der Waals surface area contributed by atoms with Gasteiger partial charge in [0.15, 0.2) is 11.6 Å². The first-order valence-corrected chi connectivity index (χ1v) is 12.5. The summed E-state index contributed by atoms with van der Waals surface area (Å²) in [5, 5.41) is 9.85. The van der Waals surface area contributed by atoms with Gasteiger partial charge in [-0.3, -0.25) is 19.3 Å². The van der Waals surface area contributed by atoms with Gasteiger partial charge in [0.1, 0.15) is 5.82 Å². The molecule has 3 rings (SSSR count). The molecule has 0 aliphatic heterocycles. The first kappa shape index (κ1) is 29.2. The van der Waals surface area contributed by atoms with Crippen molar-refractivity contribution in [1.29, 1.82) is 0 Å². The van der Waals surface area contributed by atoms with Gasteiger partial charge >= 0.3 is 0 Å². The predicted octanol–water partition coefficient (Wildman–Crippen LogP) is 4.17. The Bertz CT molecular complexity index is 1210. The highest BCUT2D eigenvalue weighted by molar-refractivity contribution is 5.95. The number of carbonyl (C=O) groups is 2. The zero-order valence-corrected chi connectivity index (χ0v) is 21.4. The van der Waals surface area contributed by atoms with Gasteiger partial charge in [0.05, 0.1) is 26.4 Å². The Morgan fingerprint density at radius 3 is 2.53 bits per heavy atom. The van der Waals surface area contributed by atoms with Crippen LogP contribution in [0.25, 0.3) is 0 Å². The highest BCUT2D eigenvalue weighted by Gasteiger charge is 2.36. The number of nitrogens with one attached hydrogen (secondary N) is 1. The second kappa shape index (κ2) is 13.4. The summed E-state index contributed by atoms with van der Waals surface area (Å²) in [5.41, 5.74) is 2.32. The van der Waals surface area contributed by atoms with Crippen molar-refractivity contribution < 1.29 is 37.5 Å². The van der Waals surface area contributed by atoms with Crippen LogP contribution in [0.15, 0.2) is 24.3 Å². The van der Waals surface area contributed by atoms with E-state index in [0.717, 1.165) is 11.1 Å². The SMILES string of the molecule is C#Cc1ccc(C2CCC2Cc2c(C(=O)NOCCO)cc(CN(OCC)C(=O)CC)c(F)c2F)c(F)c1. The van der Waals surface area contributed by atoms with Gasteiger partial charge in [0, 0.05) is 28.7 Å². The minimum absolute atomic E-state index is 0.0319. The Balaban J connectivity index is 1.97. The molecule has 0 aromatic heterocycles. The second-order valence-electron chi connectivity index (χ2n) is 8.92. The predicted molar refractivity (Wildman–Crippen MR) is 133 cm³/mol. The third-order valence-electron chi connectivity index (χ3n) is 6.62. The maximum Gasteiger partial charge on any atom is 0.275 e. The van der Waals surface area contributed by atoms with Gasteiger partial charge < -0.3 is 5.11 Å².